The van der Waals surface area contributed by atoms with Crippen LogP contribution in [0.5, 0.6) is 0 Å². The van der Waals surface area contributed by atoms with E-state index in [1.54, 1.807) is 6.07 Å². The molecule has 1 aromatic heterocycles. The number of nitrogens with one attached hydrogen (secondary N) is 1. The van der Waals surface area contributed by atoms with Crippen LogP contribution in [-0.4, -0.2) is 9.41 Å². The molecule has 0 atom stereocenters. The molecule has 0 spiro atoms. The number of hydrogen-bond acceptors (Lipinski definition) is 1. The van der Waals surface area contributed by atoms with E-state index < -0.39 is 0 Å². The molecule has 11 heavy (non-hydrogen) atoms. The highest BCUT2D eigenvalue weighted by Gasteiger charge is 1.79. The maximum Gasteiger partial charge on any atom is 0.248 e. The summed E-state index contributed by atoms with van der Waals surface area (Å²) in [6.45, 7) is 3.96. The molecule has 0 aliphatic carbocycles. The van der Waals surface area contributed by atoms with Gasteiger partial charge in [0.1, 0.15) is 0 Å². The fourth-order valence-corrected chi connectivity index (χ4v) is 0.558. The van der Waals surface area contributed by atoms with Crippen molar-refractivity contribution < 1.29 is 0 Å². The number of aromatic amines is 1. The van der Waals surface area contributed by atoms with Gasteiger partial charge in [-0.3, -0.25) is 4.79 Å². The summed E-state index contributed by atoms with van der Waals surface area (Å²) >= 11 is 2.29. The fourth-order valence-electron chi connectivity index (χ4n) is 0.558. The van der Waals surface area contributed by atoms with E-state index in [9.17, 15) is 4.79 Å². The lowest BCUT2D eigenvalue weighted by Gasteiger charge is -1.84. The molecule has 1 N–H and O–H groups in total. The molecule has 1 heterocycles. The second-order valence-corrected chi connectivity index (χ2v) is 3.49. The van der Waals surface area contributed by atoms with Crippen molar-refractivity contribution in [3.8, 4) is 0 Å². The van der Waals surface area contributed by atoms with E-state index in [0.29, 0.717) is 0 Å². The third-order valence-corrected chi connectivity index (χ3v) is 0.914. The molecule has 2 nitrogen and oxygen atoms in total. The van der Waals surface area contributed by atoms with E-state index >= 15 is 0 Å². The second-order valence-electron chi connectivity index (χ2n) is 1.97. The molecule has 0 amide bonds. The predicted octanol–water partition coefficient (Wildman–Crippen LogP) is 2.12. The Hall–Kier alpha value is -0.320. The molecule has 0 aromatic carbocycles. The fraction of sp³-hybridized carbons (Fsp3) is 0.375. The van der Waals surface area contributed by atoms with Crippen LogP contribution in [-0.2, 0) is 0 Å². The summed E-state index contributed by atoms with van der Waals surface area (Å²) in [4.78, 5) is 13.0. The molecule has 3 heteroatoms. The molecule has 0 aliphatic heterocycles. The first kappa shape index (κ1) is 10.7. The van der Waals surface area contributed by atoms with Crippen LogP contribution in [0.1, 0.15) is 12.6 Å². The molecule has 0 saturated heterocycles. The van der Waals surface area contributed by atoms with Crippen molar-refractivity contribution in [2.75, 3.05) is 4.43 Å². The van der Waals surface area contributed by atoms with E-state index in [0.717, 1.165) is 5.69 Å². The first-order valence-electron chi connectivity index (χ1n) is 3.42. The number of hydrogen-bond donors (Lipinski definition) is 1. The summed E-state index contributed by atoms with van der Waals surface area (Å²) in [6, 6.07) is 5.07. The highest BCUT2D eigenvalue weighted by atomic mass is 127. The van der Waals surface area contributed by atoms with Gasteiger partial charge in [0.2, 0.25) is 5.56 Å². The van der Waals surface area contributed by atoms with Crippen molar-refractivity contribution in [1.82, 2.24) is 4.98 Å². The Morgan fingerprint density at radius 2 is 2.09 bits per heavy atom. The normalized spacial score (nSPS) is 8.27. The zero-order valence-electron chi connectivity index (χ0n) is 6.73. The number of rotatable bonds is 0. The molecule has 0 bridgehead atoms. The molecule has 1 aromatic rings. The van der Waals surface area contributed by atoms with Gasteiger partial charge in [0.25, 0.3) is 0 Å². The van der Waals surface area contributed by atoms with Crippen molar-refractivity contribution in [3.05, 3.63) is 34.2 Å². The van der Waals surface area contributed by atoms with Crippen LogP contribution in [0.4, 0.5) is 0 Å². The Bertz CT molecular complexity index is 244. The lowest BCUT2D eigenvalue weighted by Crippen LogP contribution is -2.02. The summed E-state index contributed by atoms with van der Waals surface area (Å²) in [7, 11) is 0. The first-order valence-corrected chi connectivity index (χ1v) is 4.95. The first-order chi connectivity index (χ1) is 5.20. The van der Waals surface area contributed by atoms with E-state index in [1.807, 2.05) is 13.0 Å². The average molecular weight is 265 g/mol. The van der Waals surface area contributed by atoms with E-state index in [2.05, 4.69) is 34.5 Å². The smallest absolute Gasteiger partial charge is 0.248 e. The lowest BCUT2D eigenvalue weighted by atomic mass is 10.4. The average Bonchev–Trinajstić information content (AvgIpc) is 1.88. The van der Waals surface area contributed by atoms with Crippen molar-refractivity contribution in [1.29, 1.82) is 0 Å². The summed E-state index contributed by atoms with van der Waals surface area (Å²) in [6.07, 6.45) is 0. The number of H-pyrrole nitrogens is 1. The maximum absolute atomic E-state index is 10.4. The van der Waals surface area contributed by atoms with E-state index in [-0.39, 0.29) is 5.56 Å². The Labute approximate surface area is 80.2 Å². The van der Waals surface area contributed by atoms with Gasteiger partial charge in [0, 0.05) is 11.8 Å². The van der Waals surface area contributed by atoms with Gasteiger partial charge < -0.3 is 4.98 Å². The Morgan fingerprint density at radius 1 is 1.55 bits per heavy atom. The molecular weight excluding hydrogens is 253 g/mol. The number of halogens is 1. The van der Waals surface area contributed by atoms with Gasteiger partial charge in [-0.05, 0) is 17.4 Å². The van der Waals surface area contributed by atoms with Gasteiger partial charge in [-0.15, -0.1) is 0 Å². The van der Waals surface area contributed by atoms with Gasteiger partial charge >= 0.3 is 0 Å². The van der Waals surface area contributed by atoms with Crippen LogP contribution in [0.2, 0.25) is 0 Å². The highest BCUT2D eigenvalue weighted by Crippen LogP contribution is 1.81. The number of aryl methyl sites for hydroxylation is 1. The SMILES string of the molecule is CCI.Cc1cccc(=O)[nH]1. The van der Waals surface area contributed by atoms with Gasteiger partial charge in [-0.25, -0.2) is 0 Å². The third kappa shape index (κ3) is 6.09. The zero-order valence-corrected chi connectivity index (χ0v) is 8.88. The number of alkyl halides is 1. The van der Waals surface area contributed by atoms with E-state index in [4.69, 9.17) is 0 Å². The van der Waals surface area contributed by atoms with Gasteiger partial charge in [-0.2, -0.15) is 0 Å². The van der Waals surface area contributed by atoms with Crippen LogP contribution in [0.3, 0.4) is 0 Å². The summed E-state index contributed by atoms with van der Waals surface area (Å²) in [5, 5.41) is 0. The zero-order chi connectivity index (χ0) is 8.69. The van der Waals surface area contributed by atoms with Crippen molar-refractivity contribution >= 4 is 22.6 Å². The maximum atomic E-state index is 10.4. The van der Waals surface area contributed by atoms with Crippen LogP contribution >= 0.6 is 22.6 Å². The minimum atomic E-state index is -0.0370. The summed E-state index contributed by atoms with van der Waals surface area (Å²) < 4.78 is 1.22. The highest BCUT2D eigenvalue weighted by molar-refractivity contribution is 14.1. The van der Waals surface area contributed by atoms with E-state index in [1.165, 1.54) is 10.5 Å². The van der Waals surface area contributed by atoms with Crippen molar-refractivity contribution in [2.24, 2.45) is 0 Å². The minimum Gasteiger partial charge on any atom is -0.327 e. The number of pyridine rings is 1. The van der Waals surface area contributed by atoms with Gasteiger partial charge in [0.05, 0.1) is 0 Å². The molecule has 0 radical (unpaired) electrons. The van der Waals surface area contributed by atoms with Gasteiger partial charge in [0.15, 0.2) is 0 Å². The van der Waals surface area contributed by atoms with Crippen LogP contribution < -0.4 is 5.56 Å². The summed E-state index contributed by atoms with van der Waals surface area (Å²) in [5.74, 6) is 0. The molecular formula is C8H12INO. The Morgan fingerprint density at radius 3 is 2.36 bits per heavy atom. The Balaban J connectivity index is 0.000000292. The second kappa shape index (κ2) is 6.39. The summed E-state index contributed by atoms with van der Waals surface area (Å²) in [5.41, 5.74) is 0.863. The van der Waals surface area contributed by atoms with Crippen molar-refractivity contribution in [3.63, 3.8) is 0 Å². The molecule has 0 saturated carbocycles. The third-order valence-electron chi connectivity index (χ3n) is 0.914. The van der Waals surface area contributed by atoms with Gasteiger partial charge in [-0.1, -0.05) is 35.6 Å². The molecule has 62 valence electrons. The predicted molar refractivity (Wildman–Crippen MR) is 56.4 cm³/mol. The molecule has 0 fully saturated rings. The standard InChI is InChI=1S/C6H7NO.C2H5I/c1-5-3-2-4-6(8)7-5;1-2-3/h2-4H,1H3,(H,7,8);2H2,1H3. The largest absolute Gasteiger partial charge is 0.327 e. The topological polar surface area (TPSA) is 32.9 Å². The van der Waals surface area contributed by atoms with Crippen LogP contribution in [0, 0.1) is 6.92 Å². The van der Waals surface area contributed by atoms with Crippen molar-refractivity contribution in [2.45, 2.75) is 13.8 Å². The molecule has 0 aliphatic rings. The molecule has 1 rings (SSSR count). The lowest BCUT2D eigenvalue weighted by molar-refractivity contribution is 1.14. The van der Waals surface area contributed by atoms with Crippen LogP contribution in [0.25, 0.3) is 0 Å². The van der Waals surface area contributed by atoms with Crippen LogP contribution in [0.15, 0.2) is 23.0 Å². The monoisotopic (exact) mass is 265 g/mol. The number of aromatic nitrogens is 1. The molecule has 0 unspecified atom stereocenters. The Kier molecular flexibility index (Phi) is 6.21. The quantitative estimate of drug-likeness (QED) is 0.565. The minimum absolute atomic E-state index is 0.0370.